The number of aromatic nitrogens is 1. The van der Waals surface area contributed by atoms with Crippen LogP contribution in [0.2, 0.25) is 0 Å². The van der Waals surface area contributed by atoms with E-state index in [1.165, 1.54) is 11.3 Å². The second kappa shape index (κ2) is 2.75. The molecule has 1 aromatic rings. The lowest BCUT2D eigenvalue weighted by Crippen LogP contribution is -2.18. The van der Waals surface area contributed by atoms with Crippen LogP contribution in [0.5, 0.6) is 0 Å². The Morgan fingerprint density at radius 3 is 3.11 bits per heavy atom. The van der Waals surface area contributed by atoms with Crippen LogP contribution in [0.3, 0.4) is 0 Å². The van der Waals surface area contributed by atoms with Gasteiger partial charge in [0.05, 0.1) is 5.51 Å². The molecule has 9 heavy (non-hydrogen) atoms. The summed E-state index contributed by atoms with van der Waals surface area (Å²) in [6, 6.07) is 0. The van der Waals surface area contributed by atoms with Gasteiger partial charge >= 0.3 is 0 Å². The molecule has 5 heteroatoms. The number of hydrogen-bond donors (Lipinski definition) is 2. The molecule has 1 heterocycles. The average Bonchev–Trinajstić information content (AvgIpc) is 2.15. The van der Waals surface area contributed by atoms with Crippen LogP contribution in [-0.2, 0) is 0 Å². The Kier molecular flexibility index (Phi) is 1.96. The number of nitrogens with zero attached hydrogens (tertiary/aromatic N) is 1. The number of rotatable bonds is 1. The molecule has 0 spiro atoms. The fourth-order valence-electron chi connectivity index (χ4n) is 0.400. The minimum absolute atomic E-state index is 0.251. The highest BCUT2D eigenvalue weighted by Gasteiger charge is 1.91. The van der Waals surface area contributed by atoms with E-state index >= 15 is 0 Å². The molecule has 0 saturated carbocycles. The molecule has 0 bridgehead atoms. The average molecular weight is 159 g/mol. The monoisotopic (exact) mass is 159 g/mol. The molecule has 0 unspecified atom stereocenters. The van der Waals surface area contributed by atoms with Crippen LogP contribution in [0.4, 0.5) is 5.82 Å². The molecule has 1 rings (SSSR count). The molecular formula is C4H5N3S2. The van der Waals surface area contributed by atoms with Gasteiger partial charge in [-0.15, -0.1) is 11.3 Å². The zero-order valence-electron chi connectivity index (χ0n) is 4.50. The molecule has 0 aliphatic carbocycles. The predicted octanol–water partition coefficient (Wildman–Crippen LogP) is 0.799. The number of thiocarbonyl (C=S) groups is 1. The molecule has 1 aromatic heterocycles. The standard InChI is InChI=1S/C4H5N3S2/c5-4(8)7-3-1-9-2-6-3/h1-2H,(H3,5,7,8). The third-order valence-corrected chi connectivity index (χ3v) is 1.37. The molecule has 0 aliphatic rings. The number of thiazole rings is 1. The van der Waals surface area contributed by atoms with E-state index in [0.29, 0.717) is 5.82 Å². The van der Waals surface area contributed by atoms with Crippen LogP contribution in [0, 0.1) is 0 Å². The van der Waals surface area contributed by atoms with Crippen molar-refractivity contribution in [3.63, 3.8) is 0 Å². The van der Waals surface area contributed by atoms with Gasteiger partial charge in [0.1, 0.15) is 5.82 Å². The minimum Gasteiger partial charge on any atom is -0.376 e. The predicted molar refractivity (Wildman–Crippen MR) is 42.5 cm³/mol. The summed E-state index contributed by atoms with van der Waals surface area (Å²) in [6.45, 7) is 0. The summed E-state index contributed by atoms with van der Waals surface area (Å²) < 4.78 is 0. The zero-order valence-corrected chi connectivity index (χ0v) is 6.13. The van der Waals surface area contributed by atoms with Gasteiger partial charge in [-0.05, 0) is 12.2 Å². The molecule has 3 N–H and O–H groups in total. The van der Waals surface area contributed by atoms with E-state index in [4.69, 9.17) is 5.73 Å². The molecular weight excluding hydrogens is 154 g/mol. The van der Waals surface area contributed by atoms with Crippen LogP contribution in [0.25, 0.3) is 0 Å². The van der Waals surface area contributed by atoms with Gasteiger partial charge < -0.3 is 11.1 Å². The molecule has 0 radical (unpaired) electrons. The van der Waals surface area contributed by atoms with E-state index in [-0.39, 0.29) is 5.11 Å². The number of anilines is 1. The van der Waals surface area contributed by atoms with E-state index in [1.807, 2.05) is 5.38 Å². The van der Waals surface area contributed by atoms with Crippen molar-refractivity contribution in [1.82, 2.24) is 4.98 Å². The molecule has 3 nitrogen and oxygen atoms in total. The van der Waals surface area contributed by atoms with Gasteiger partial charge in [-0.3, -0.25) is 0 Å². The summed E-state index contributed by atoms with van der Waals surface area (Å²) in [5.74, 6) is 0.715. The summed E-state index contributed by atoms with van der Waals surface area (Å²) in [5.41, 5.74) is 6.88. The lowest BCUT2D eigenvalue weighted by atomic mass is 10.8. The van der Waals surface area contributed by atoms with Gasteiger partial charge in [0.2, 0.25) is 0 Å². The van der Waals surface area contributed by atoms with E-state index < -0.39 is 0 Å². The van der Waals surface area contributed by atoms with Gasteiger partial charge in [-0.1, -0.05) is 0 Å². The van der Waals surface area contributed by atoms with Gasteiger partial charge in [0.15, 0.2) is 5.11 Å². The Balaban J connectivity index is 2.58. The van der Waals surface area contributed by atoms with Gasteiger partial charge in [0.25, 0.3) is 0 Å². The lowest BCUT2D eigenvalue weighted by Gasteiger charge is -1.94. The van der Waals surface area contributed by atoms with Crippen LogP contribution < -0.4 is 11.1 Å². The smallest absolute Gasteiger partial charge is 0.169 e. The molecule has 0 aliphatic heterocycles. The molecule has 0 amide bonds. The van der Waals surface area contributed by atoms with E-state index in [2.05, 4.69) is 22.5 Å². The lowest BCUT2D eigenvalue weighted by molar-refractivity contribution is 1.40. The number of nitrogens with two attached hydrogens (primary N) is 1. The first-order valence-electron chi connectivity index (χ1n) is 2.23. The molecule has 48 valence electrons. The Morgan fingerprint density at radius 2 is 2.67 bits per heavy atom. The first-order chi connectivity index (χ1) is 4.29. The molecule has 0 saturated heterocycles. The maximum Gasteiger partial charge on any atom is 0.169 e. The highest BCUT2D eigenvalue weighted by molar-refractivity contribution is 7.80. The van der Waals surface area contributed by atoms with Crippen molar-refractivity contribution in [3.05, 3.63) is 10.9 Å². The third-order valence-electron chi connectivity index (χ3n) is 0.684. The Bertz CT molecular complexity index is 194. The van der Waals surface area contributed by atoms with E-state index in [9.17, 15) is 0 Å². The topological polar surface area (TPSA) is 50.9 Å². The van der Waals surface area contributed by atoms with Gasteiger partial charge in [0, 0.05) is 5.38 Å². The minimum atomic E-state index is 0.251. The van der Waals surface area contributed by atoms with Crippen LogP contribution in [0.1, 0.15) is 0 Å². The van der Waals surface area contributed by atoms with Crippen molar-refractivity contribution in [1.29, 1.82) is 0 Å². The first kappa shape index (κ1) is 6.44. The third kappa shape index (κ3) is 1.95. The largest absolute Gasteiger partial charge is 0.376 e. The van der Waals surface area contributed by atoms with Crippen LogP contribution in [-0.4, -0.2) is 10.1 Å². The Morgan fingerprint density at radius 1 is 1.89 bits per heavy atom. The van der Waals surface area contributed by atoms with Crippen molar-refractivity contribution in [2.45, 2.75) is 0 Å². The summed E-state index contributed by atoms with van der Waals surface area (Å²) in [4.78, 5) is 3.90. The number of nitrogens with one attached hydrogen (secondary N) is 1. The fourth-order valence-corrected chi connectivity index (χ4v) is 0.989. The molecule has 0 aromatic carbocycles. The Hall–Kier alpha value is -0.680. The molecule has 0 atom stereocenters. The maximum atomic E-state index is 5.17. The van der Waals surface area contributed by atoms with Crippen LogP contribution in [0.15, 0.2) is 10.9 Å². The zero-order chi connectivity index (χ0) is 6.69. The second-order valence-corrected chi connectivity index (χ2v) is 2.52. The van der Waals surface area contributed by atoms with Crippen LogP contribution >= 0.6 is 23.6 Å². The normalized spacial score (nSPS) is 8.89. The van der Waals surface area contributed by atoms with Crippen molar-refractivity contribution >= 4 is 34.5 Å². The van der Waals surface area contributed by atoms with Gasteiger partial charge in [-0.2, -0.15) is 0 Å². The number of hydrogen-bond acceptors (Lipinski definition) is 3. The van der Waals surface area contributed by atoms with Crippen molar-refractivity contribution in [2.75, 3.05) is 5.32 Å². The molecule has 0 fully saturated rings. The maximum absolute atomic E-state index is 5.17. The quantitative estimate of drug-likeness (QED) is 0.595. The van der Waals surface area contributed by atoms with E-state index in [1.54, 1.807) is 5.51 Å². The fraction of sp³-hybridized carbons (Fsp3) is 0. The summed E-state index contributed by atoms with van der Waals surface area (Å²) >= 11 is 6.07. The Labute approximate surface area is 61.9 Å². The summed E-state index contributed by atoms with van der Waals surface area (Å²) in [6.07, 6.45) is 0. The highest BCUT2D eigenvalue weighted by Crippen LogP contribution is 2.05. The first-order valence-corrected chi connectivity index (χ1v) is 3.59. The second-order valence-electron chi connectivity index (χ2n) is 1.36. The summed E-state index contributed by atoms with van der Waals surface area (Å²) in [5, 5.41) is 4.78. The van der Waals surface area contributed by atoms with Gasteiger partial charge in [-0.25, -0.2) is 4.98 Å². The highest BCUT2D eigenvalue weighted by atomic mass is 32.1. The van der Waals surface area contributed by atoms with Crippen molar-refractivity contribution < 1.29 is 0 Å². The van der Waals surface area contributed by atoms with E-state index in [0.717, 1.165) is 0 Å². The SMILES string of the molecule is NC(=S)Nc1cscn1. The van der Waals surface area contributed by atoms with Crippen molar-refractivity contribution in [2.24, 2.45) is 5.73 Å². The van der Waals surface area contributed by atoms with Crippen molar-refractivity contribution in [3.8, 4) is 0 Å². The summed E-state index contributed by atoms with van der Waals surface area (Å²) in [7, 11) is 0.